The molecule has 2 heterocycles. The second-order valence-corrected chi connectivity index (χ2v) is 6.03. The lowest BCUT2D eigenvalue weighted by Crippen LogP contribution is -2.33. The van der Waals surface area contributed by atoms with Gasteiger partial charge in [0.25, 0.3) is 0 Å². The van der Waals surface area contributed by atoms with Crippen LogP contribution in [0.25, 0.3) is 0 Å². The van der Waals surface area contributed by atoms with Gasteiger partial charge in [-0.05, 0) is 44.2 Å². The van der Waals surface area contributed by atoms with Gasteiger partial charge in [0.05, 0.1) is 11.8 Å². The molecule has 3 rings (SSSR count). The molecular formula is C16H25N3O. The molecule has 0 amide bonds. The van der Waals surface area contributed by atoms with Crippen molar-refractivity contribution in [2.75, 3.05) is 25.1 Å². The molecule has 110 valence electrons. The average molecular weight is 275 g/mol. The van der Waals surface area contributed by atoms with Gasteiger partial charge in [-0.25, -0.2) is 0 Å². The zero-order chi connectivity index (χ0) is 13.8. The van der Waals surface area contributed by atoms with Crippen LogP contribution in [0.4, 0.5) is 5.69 Å². The van der Waals surface area contributed by atoms with Gasteiger partial charge in [0.1, 0.15) is 0 Å². The molecule has 1 aromatic heterocycles. The summed E-state index contributed by atoms with van der Waals surface area (Å²) in [5, 5.41) is 3.51. The molecular weight excluding hydrogens is 250 g/mol. The average Bonchev–Trinajstić information content (AvgIpc) is 3.31. The zero-order valence-corrected chi connectivity index (χ0v) is 12.3. The minimum absolute atomic E-state index is 0.384. The van der Waals surface area contributed by atoms with Crippen molar-refractivity contribution in [3.63, 3.8) is 0 Å². The van der Waals surface area contributed by atoms with E-state index >= 15 is 0 Å². The van der Waals surface area contributed by atoms with Gasteiger partial charge in [-0.15, -0.1) is 0 Å². The lowest BCUT2D eigenvalue weighted by atomic mass is 10.1. The Labute approximate surface area is 121 Å². The van der Waals surface area contributed by atoms with E-state index in [9.17, 15) is 0 Å². The van der Waals surface area contributed by atoms with Crippen molar-refractivity contribution in [3.8, 4) is 0 Å². The van der Waals surface area contributed by atoms with Crippen LogP contribution in [-0.4, -0.2) is 37.3 Å². The maximum absolute atomic E-state index is 5.82. The molecule has 1 unspecified atom stereocenters. The minimum Gasteiger partial charge on any atom is -0.376 e. The second-order valence-electron chi connectivity index (χ2n) is 6.03. The van der Waals surface area contributed by atoms with Crippen molar-refractivity contribution in [2.45, 2.75) is 50.8 Å². The van der Waals surface area contributed by atoms with Crippen LogP contribution in [0.15, 0.2) is 18.3 Å². The van der Waals surface area contributed by atoms with Crippen LogP contribution < -0.4 is 10.2 Å². The van der Waals surface area contributed by atoms with Gasteiger partial charge < -0.3 is 15.0 Å². The monoisotopic (exact) mass is 275 g/mol. The largest absolute Gasteiger partial charge is 0.376 e. The highest BCUT2D eigenvalue weighted by Crippen LogP contribution is 2.21. The maximum atomic E-state index is 5.82. The van der Waals surface area contributed by atoms with E-state index in [-0.39, 0.29) is 0 Å². The Morgan fingerprint density at radius 3 is 3.00 bits per heavy atom. The van der Waals surface area contributed by atoms with E-state index in [4.69, 9.17) is 4.74 Å². The highest BCUT2D eigenvalue weighted by Gasteiger charge is 2.20. The molecule has 4 nitrogen and oxygen atoms in total. The molecule has 2 aliphatic rings. The number of aromatic nitrogens is 1. The summed E-state index contributed by atoms with van der Waals surface area (Å²) in [5.74, 6) is 0. The van der Waals surface area contributed by atoms with Crippen LogP contribution in [0.3, 0.4) is 0 Å². The third-order valence-corrected chi connectivity index (χ3v) is 4.14. The Bertz CT molecular complexity index is 427. The molecule has 1 aliphatic heterocycles. The summed E-state index contributed by atoms with van der Waals surface area (Å²) in [5.41, 5.74) is 2.37. The Kier molecular flexibility index (Phi) is 4.53. The summed E-state index contributed by atoms with van der Waals surface area (Å²) in [6.07, 6.45) is 8.63. The molecule has 0 bridgehead atoms. The number of likely N-dealkylation sites (N-methyl/N-ethyl adjacent to an activating group) is 1. The Morgan fingerprint density at radius 2 is 2.25 bits per heavy atom. The van der Waals surface area contributed by atoms with E-state index < -0.39 is 0 Å². The fourth-order valence-corrected chi connectivity index (χ4v) is 2.70. The second kappa shape index (κ2) is 6.55. The van der Waals surface area contributed by atoms with Gasteiger partial charge in [-0.1, -0.05) is 0 Å². The van der Waals surface area contributed by atoms with Crippen molar-refractivity contribution < 1.29 is 4.74 Å². The fourth-order valence-electron chi connectivity index (χ4n) is 2.70. The van der Waals surface area contributed by atoms with Crippen molar-refractivity contribution in [3.05, 3.63) is 24.0 Å². The van der Waals surface area contributed by atoms with E-state index in [1.807, 2.05) is 6.20 Å². The molecule has 4 heteroatoms. The van der Waals surface area contributed by atoms with Crippen molar-refractivity contribution in [1.82, 2.24) is 10.3 Å². The SMILES string of the molecule is CN(CC1CCCCO1)c1ccnc(CNC2CC2)c1. The topological polar surface area (TPSA) is 37.4 Å². The molecule has 1 aliphatic carbocycles. The predicted octanol–water partition coefficient (Wildman–Crippen LogP) is 2.34. The van der Waals surface area contributed by atoms with E-state index in [1.54, 1.807) is 0 Å². The highest BCUT2D eigenvalue weighted by atomic mass is 16.5. The Hall–Kier alpha value is -1.13. The van der Waals surface area contributed by atoms with E-state index in [0.717, 1.165) is 31.4 Å². The third-order valence-electron chi connectivity index (χ3n) is 4.14. The standard InChI is InChI=1S/C16H25N3O/c1-19(12-16-4-2-3-9-20-16)15-7-8-17-14(10-15)11-18-13-5-6-13/h7-8,10,13,16,18H,2-6,9,11-12H2,1H3. The van der Waals surface area contributed by atoms with Crippen LogP contribution in [0.1, 0.15) is 37.8 Å². The molecule has 20 heavy (non-hydrogen) atoms. The highest BCUT2D eigenvalue weighted by molar-refractivity contribution is 5.45. The number of ether oxygens (including phenoxy) is 1. The van der Waals surface area contributed by atoms with Crippen molar-refractivity contribution in [2.24, 2.45) is 0 Å². The summed E-state index contributed by atoms with van der Waals surface area (Å²) >= 11 is 0. The first-order chi connectivity index (χ1) is 9.81. The van der Waals surface area contributed by atoms with Gasteiger partial charge in [0.15, 0.2) is 0 Å². The van der Waals surface area contributed by atoms with E-state index in [0.29, 0.717) is 6.10 Å². The number of anilines is 1. The lowest BCUT2D eigenvalue weighted by molar-refractivity contribution is 0.0216. The summed E-state index contributed by atoms with van der Waals surface area (Å²) in [7, 11) is 2.14. The number of hydrogen-bond donors (Lipinski definition) is 1. The Morgan fingerprint density at radius 1 is 1.35 bits per heavy atom. The summed E-state index contributed by atoms with van der Waals surface area (Å²) in [4.78, 5) is 6.74. The van der Waals surface area contributed by atoms with Crippen LogP contribution in [0, 0.1) is 0 Å². The van der Waals surface area contributed by atoms with Gasteiger partial charge in [-0.3, -0.25) is 4.98 Å². The van der Waals surface area contributed by atoms with E-state index in [1.165, 1.54) is 37.8 Å². The molecule has 0 aromatic carbocycles. The first kappa shape index (κ1) is 13.8. The van der Waals surface area contributed by atoms with Crippen LogP contribution in [-0.2, 0) is 11.3 Å². The molecule has 1 aromatic rings. The van der Waals surface area contributed by atoms with Crippen molar-refractivity contribution in [1.29, 1.82) is 0 Å². The van der Waals surface area contributed by atoms with Gasteiger partial charge >= 0.3 is 0 Å². The zero-order valence-electron chi connectivity index (χ0n) is 12.3. The summed E-state index contributed by atoms with van der Waals surface area (Å²) in [6.45, 7) is 2.77. The first-order valence-corrected chi connectivity index (χ1v) is 7.82. The first-order valence-electron chi connectivity index (χ1n) is 7.82. The molecule has 1 N–H and O–H groups in total. The number of nitrogens with zero attached hydrogens (tertiary/aromatic N) is 2. The van der Waals surface area contributed by atoms with Crippen LogP contribution in [0.2, 0.25) is 0 Å². The predicted molar refractivity (Wildman–Crippen MR) is 81.0 cm³/mol. The number of rotatable bonds is 6. The van der Waals surface area contributed by atoms with Crippen LogP contribution in [0.5, 0.6) is 0 Å². The minimum atomic E-state index is 0.384. The molecule has 0 spiro atoms. The van der Waals surface area contributed by atoms with E-state index in [2.05, 4.69) is 34.4 Å². The quantitative estimate of drug-likeness (QED) is 0.864. The molecule has 0 radical (unpaired) electrons. The maximum Gasteiger partial charge on any atom is 0.0749 e. The molecule has 1 atom stereocenters. The molecule has 1 saturated carbocycles. The smallest absolute Gasteiger partial charge is 0.0749 e. The number of hydrogen-bond acceptors (Lipinski definition) is 4. The fraction of sp³-hybridized carbons (Fsp3) is 0.688. The summed E-state index contributed by atoms with van der Waals surface area (Å²) in [6, 6.07) is 5.01. The molecule has 1 saturated heterocycles. The normalized spacial score (nSPS) is 22.8. The van der Waals surface area contributed by atoms with Crippen molar-refractivity contribution >= 4 is 5.69 Å². The molecule has 2 fully saturated rings. The third kappa shape index (κ3) is 3.93. The van der Waals surface area contributed by atoms with Gasteiger partial charge in [0.2, 0.25) is 0 Å². The Balaban J connectivity index is 1.55. The van der Waals surface area contributed by atoms with Gasteiger partial charge in [-0.2, -0.15) is 0 Å². The number of nitrogens with one attached hydrogen (secondary N) is 1. The van der Waals surface area contributed by atoms with Crippen LogP contribution >= 0.6 is 0 Å². The lowest BCUT2D eigenvalue weighted by Gasteiger charge is -2.28. The number of pyridine rings is 1. The summed E-state index contributed by atoms with van der Waals surface area (Å²) < 4.78 is 5.82. The van der Waals surface area contributed by atoms with Gasteiger partial charge in [0, 0.05) is 44.7 Å².